The molecule has 1 aliphatic rings. The Morgan fingerprint density at radius 3 is 2.75 bits per heavy atom. The topological polar surface area (TPSA) is 24.9 Å². The average molecular weight is 216 g/mol. The number of nitrogens with one attached hydrogen (secondary N) is 1. The van der Waals surface area contributed by atoms with E-state index in [1.165, 1.54) is 24.1 Å². The normalized spacial score (nSPS) is 24.4. The number of nitrogens with zero attached hydrogens (tertiary/aromatic N) is 1. The Balaban J connectivity index is 2.19. The lowest BCUT2D eigenvalue weighted by Crippen LogP contribution is -2.21. The van der Waals surface area contributed by atoms with Crippen molar-refractivity contribution < 1.29 is 0 Å². The van der Waals surface area contributed by atoms with Crippen molar-refractivity contribution in [3.05, 3.63) is 35.3 Å². The molecular formula is C14H20N2. The van der Waals surface area contributed by atoms with Crippen molar-refractivity contribution in [2.45, 2.75) is 32.6 Å². The van der Waals surface area contributed by atoms with Gasteiger partial charge < -0.3 is 5.32 Å². The molecule has 0 aromatic carbocycles. The summed E-state index contributed by atoms with van der Waals surface area (Å²) in [5, 5.41) is 2.99. The summed E-state index contributed by atoms with van der Waals surface area (Å²) in [6, 6.07) is 4.26. The molecule has 0 amide bonds. The zero-order valence-electron chi connectivity index (χ0n) is 10.3. The van der Waals surface area contributed by atoms with E-state index in [4.69, 9.17) is 4.98 Å². The van der Waals surface area contributed by atoms with Gasteiger partial charge in [0.1, 0.15) is 0 Å². The smallest absolute Gasteiger partial charge is 0.0647 e. The predicted octanol–water partition coefficient (Wildman–Crippen LogP) is 3.09. The monoisotopic (exact) mass is 216 g/mol. The lowest BCUT2D eigenvalue weighted by atomic mass is 9.73. The van der Waals surface area contributed by atoms with E-state index in [1.54, 1.807) is 0 Å². The molecule has 0 radical (unpaired) electrons. The van der Waals surface area contributed by atoms with Gasteiger partial charge in [0, 0.05) is 18.7 Å². The minimum atomic E-state index is 0.693. The summed E-state index contributed by atoms with van der Waals surface area (Å²) < 4.78 is 0. The molecule has 2 rings (SSSR count). The second-order valence-corrected chi connectivity index (χ2v) is 4.83. The van der Waals surface area contributed by atoms with Crippen LogP contribution < -0.4 is 5.32 Å². The second kappa shape index (κ2) is 4.69. The van der Waals surface area contributed by atoms with Crippen LogP contribution in [-0.2, 0) is 0 Å². The van der Waals surface area contributed by atoms with Crippen LogP contribution in [0.3, 0.4) is 0 Å². The Morgan fingerprint density at radius 2 is 2.12 bits per heavy atom. The Kier molecular flexibility index (Phi) is 3.28. The largest absolute Gasteiger partial charge is 0.394 e. The highest BCUT2D eigenvalue weighted by atomic mass is 14.8. The third kappa shape index (κ3) is 2.26. The van der Waals surface area contributed by atoms with Crippen molar-refractivity contribution in [2.24, 2.45) is 5.92 Å². The van der Waals surface area contributed by atoms with Gasteiger partial charge in [-0.15, -0.1) is 0 Å². The van der Waals surface area contributed by atoms with Gasteiger partial charge in [-0.25, -0.2) is 0 Å². The van der Waals surface area contributed by atoms with E-state index in [9.17, 15) is 0 Å². The number of rotatable bonds is 3. The van der Waals surface area contributed by atoms with Crippen molar-refractivity contribution in [1.82, 2.24) is 10.3 Å². The Morgan fingerprint density at radius 1 is 1.38 bits per heavy atom. The van der Waals surface area contributed by atoms with Gasteiger partial charge in [0.2, 0.25) is 0 Å². The maximum atomic E-state index is 4.74. The molecule has 0 atom stereocenters. The van der Waals surface area contributed by atoms with E-state index in [0.717, 1.165) is 11.6 Å². The number of pyridine rings is 1. The highest BCUT2D eigenvalue weighted by Gasteiger charge is 2.28. The van der Waals surface area contributed by atoms with Crippen LogP contribution in [0, 0.1) is 12.8 Å². The van der Waals surface area contributed by atoms with Gasteiger partial charge in [0.15, 0.2) is 0 Å². The number of aryl methyl sites for hydroxylation is 1. The van der Waals surface area contributed by atoms with Crippen molar-refractivity contribution in [1.29, 1.82) is 0 Å². The molecule has 1 aliphatic carbocycles. The van der Waals surface area contributed by atoms with E-state index < -0.39 is 0 Å². The van der Waals surface area contributed by atoms with Gasteiger partial charge in [-0.1, -0.05) is 13.0 Å². The standard InChI is InChI=1S/C14H20N2/c1-10-8-12(9-10)14-11(2)4-5-13(16-14)6-7-15-3/h4-7,10,12,15H,8-9H2,1-3H3/b7-6-. The molecule has 1 fully saturated rings. The molecule has 0 bridgehead atoms. The zero-order valence-corrected chi connectivity index (χ0v) is 10.3. The third-order valence-corrected chi connectivity index (χ3v) is 3.34. The van der Waals surface area contributed by atoms with Crippen LogP contribution in [0.25, 0.3) is 6.08 Å². The van der Waals surface area contributed by atoms with Gasteiger partial charge in [-0.3, -0.25) is 4.98 Å². The molecule has 16 heavy (non-hydrogen) atoms. The zero-order chi connectivity index (χ0) is 11.5. The lowest BCUT2D eigenvalue weighted by molar-refractivity contribution is 0.282. The first kappa shape index (κ1) is 11.2. The fraction of sp³-hybridized carbons (Fsp3) is 0.500. The Hall–Kier alpha value is -1.31. The fourth-order valence-electron chi connectivity index (χ4n) is 2.36. The maximum absolute atomic E-state index is 4.74. The van der Waals surface area contributed by atoms with Crippen molar-refractivity contribution in [3.8, 4) is 0 Å². The minimum absolute atomic E-state index is 0.693. The highest BCUT2D eigenvalue weighted by Crippen LogP contribution is 2.41. The summed E-state index contributed by atoms with van der Waals surface area (Å²) >= 11 is 0. The van der Waals surface area contributed by atoms with E-state index >= 15 is 0 Å². The van der Waals surface area contributed by atoms with Crippen LogP contribution in [0.1, 0.15) is 42.6 Å². The summed E-state index contributed by atoms with van der Waals surface area (Å²) in [7, 11) is 1.90. The predicted molar refractivity (Wildman–Crippen MR) is 68.2 cm³/mol. The molecule has 0 saturated heterocycles. The molecule has 1 aromatic rings. The van der Waals surface area contributed by atoms with E-state index in [2.05, 4.69) is 31.3 Å². The molecule has 1 aromatic heterocycles. The first-order chi connectivity index (χ1) is 7.70. The average Bonchev–Trinajstić information content (AvgIpc) is 2.24. The third-order valence-electron chi connectivity index (χ3n) is 3.34. The lowest BCUT2D eigenvalue weighted by Gasteiger charge is -2.33. The number of aromatic nitrogens is 1. The summed E-state index contributed by atoms with van der Waals surface area (Å²) in [6.45, 7) is 4.48. The van der Waals surface area contributed by atoms with E-state index in [1.807, 2.05) is 19.3 Å². The van der Waals surface area contributed by atoms with Crippen molar-refractivity contribution in [2.75, 3.05) is 7.05 Å². The Labute approximate surface area is 97.8 Å². The van der Waals surface area contributed by atoms with Crippen LogP contribution >= 0.6 is 0 Å². The quantitative estimate of drug-likeness (QED) is 0.839. The number of hydrogen-bond acceptors (Lipinski definition) is 2. The van der Waals surface area contributed by atoms with Crippen molar-refractivity contribution >= 4 is 6.08 Å². The Bertz CT molecular complexity index is 390. The van der Waals surface area contributed by atoms with Crippen LogP contribution in [0.5, 0.6) is 0 Å². The maximum Gasteiger partial charge on any atom is 0.0647 e. The first-order valence-corrected chi connectivity index (χ1v) is 6.02. The van der Waals surface area contributed by atoms with Gasteiger partial charge >= 0.3 is 0 Å². The molecule has 0 spiro atoms. The molecule has 1 N–H and O–H groups in total. The van der Waals surface area contributed by atoms with Crippen molar-refractivity contribution in [3.63, 3.8) is 0 Å². The SMILES string of the molecule is CN/C=C\c1ccc(C)c(C2CC(C)C2)n1. The summed E-state index contributed by atoms with van der Waals surface area (Å²) in [5.41, 5.74) is 3.68. The molecule has 1 saturated carbocycles. The van der Waals surface area contributed by atoms with Crippen LogP contribution in [0.2, 0.25) is 0 Å². The molecule has 2 nitrogen and oxygen atoms in total. The molecular weight excluding hydrogens is 196 g/mol. The second-order valence-electron chi connectivity index (χ2n) is 4.83. The minimum Gasteiger partial charge on any atom is -0.394 e. The van der Waals surface area contributed by atoms with E-state index in [0.29, 0.717) is 5.92 Å². The van der Waals surface area contributed by atoms with Gasteiger partial charge in [0.25, 0.3) is 0 Å². The van der Waals surface area contributed by atoms with Crippen LogP contribution in [0.4, 0.5) is 0 Å². The molecule has 0 aliphatic heterocycles. The summed E-state index contributed by atoms with van der Waals surface area (Å²) in [6.07, 6.45) is 6.54. The summed E-state index contributed by atoms with van der Waals surface area (Å²) in [4.78, 5) is 4.74. The van der Waals surface area contributed by atoms with Gasteiger partial charge in [-0.05, 0) is 49.6 Å². The molecule has 86 valence electrons. The fourth-order valence-corrected chi connectivity index (χ4v) is 2.36. The number of hydrogen-bond donors (Lipinski definition) is 1. The van der Waals surface area contributed by atoms with Gasteiger partial charge in [-0.2, -0.15) is 0 Å². The van der Waals surface area contributed by atoms with Crippen LogP contribution in [-0.4, -0.2) is 12.0 Å². The molecule has 2 heteroatoms. The van der Waals surface area contributed by atoms with E-state index in [-0.39, 0.29) is 0 Å². The van der Waals surface area contributed by atoms with Crippen LogP contribution in [0.15, 0.2) is 18.3 Å². The molecule has 0 unspecified atom stereocenters. The first-order valence-electron chi connectivity index (χ1n) is 6.02. The summed E-state index contributed by atoms with van der Waals surface area (Å²) in [5.74, 6) is 1.57. The van der Waals surface area contributed by atoms with Gasteiger partial charge in [0.05, 0.1) is 5.69 Å². The molecule has 1 heterocycles. The highest BCUT2D eigenvalue weighted by molar-refractivity contribution is 5.45.